The maximum Gasteiger partial charge on any atom is 0.409 e. The van der Waals surface area contributed by atoms with Gasteiger partial charge in [0.15, 0.2) is 0 Å². The quantitative estimate of drug-likeness (QED) is 0.367. The molecular weight excluding hydrogens is 412 g/mol. The summed E-state index contributed by atoms with van der Waals surface area (Å²) in [6.45, 7) is 3.52. The summed E-state index contributed by atoms with van der Waals surface area (Å²) in [5, 5.41) is 22.4. The largest absolute Gasteiger partial charge is 0.465 e. The summed E-state index contributed by atoms with van der Waals surface area (Å²) in [6, 6.07) is 14.9. The Balaban J connectivity index is 1.72. The molecule has 3 N–H and O–H groups in total. The van der Waals surface area contributed by atoms with Crippen LogP contribution in [0.2, 0.25) is 0 Å². The molecule has 4 rings (SSSR count). The van der Waals surface area contributed by atoms with Gasteiger partial charge in [-0.1, -0.05) is 18.2 Å². The molecule has 0 atom stereocenters. The number of anilines is 3. The van der Waals surface area contributed by atoms with E-state index in [0.717, 1.165) is 38.4 Å². The summed E-state index contributed by atoms with van der Waals surface area (Å²) >= 11 is 1.51. The molecule has 0 spiro atoms. The summed E-state index contributed by atoms with van der Waals surface area (Å²) in [4.78, 5) is 25.0. The summed E-state index contributed by atoms with van der Waals surface area (Å²) < 4.78 is 0. The molecule has 0 aliphatic heterocycles. The normalized spacial score (nSPS) is 11.2. The third-order valence-corrected chi connectivity index (χ3v) is 5.62. The Bertz CT molecular complexity index is 1290. The van der Waals surface area contributed by atoms with Gasteiger partial charge in [0.1, 0.15) is 5.00 Å². The van der Waals surface area contributed by atoms with Crippen molar-refractivity contribution in [2.24, 2.45) is 0 Å². The number of hydrogen-bond acceptors (Lipinski definition) is 4. The molecular formula is C23H20N4O3S. The zero-order valence-corrected chi connectivity index (χ0v) is 17.7. The number of nitrogens with one attached hydrogen (secondary N) is 2. The molecule has 0 saturated carbocycles. The minimum absolute atomic E-state index is 0.0618. The van der Waals surface area contributed by atoms with Crippen LogP contribution in [-0.4, -0.2) is 27.3 Å². The second kappa shape index (κ2) is 8.45. The first-order chi connectivity index (χ1) is 14.9. The summed E-state index contributed by atoms with van der Waals surface area (Å²) in [7, 11) is 0. The van der Waals surface area contributed by atoms with E-state index in [9.17, 15) is 9.59 Å². The van der Waals surface area contributed by atoms with Crippen LogP contribution in [0.15, 0.2) is 53.9 Å². The first-order valence-corrected chi connectivity index (χ1v) is 10.4. The van der Waals surface area contributed by atoms with E-state index in [4.69, 9.17) is 5.11 Å². The van der Waals surface area contributed by atoms with Crippen LogP contribution < -0.4 is 10.2 Å². The molecule has 2 aromatic heterocycles. The number of aryl methyl sites for hydroxylation is 1. The number of rotatable bonds is 5. The van der Waals surface area contributed by atoms with E-state index in [1.165, 1.54) is 11.3 Å². The number of H-pyrrole nitrogens is 1. The number of hydrogen-bond donors (Lipinski definition) is 3. The Morgan fingerprint density at radius 3 is 2.71 bits per heavy atom. The van der Waals surface area contributed by atoms with Gasteiger partial charge in [-0.3, -0.25) is 20.1 Å². The lowest BCUT2D eigenvalue weighted by molar-refractivity contribution is -0.115. The highest BCUT2D eigenvalue weighted by Crippen LogP contribution is 2.35. The Labute approximate surface area is 182 Å². The highest BCUT2D eigenvalue weighted by atomic mass is 32.1. The Morgan fingerprint density at radius 1 is 1.16 bits per heavy atom. The van der Waals surface area contributed by atoms with E-state index in [-0.39, 0.29) is 5.91 Å². The average Bonchev–Trinajstić information content (AvgIpc) is 3.36. The van der Waals surface area contributed by atoms with Crippen molar-refractivity contribution >= 4 is 62.8 Å². The van der Waals surface area contributed by atoms with E-state index in [2.05, 4.69) is 15.5 Å². The van der Waals surface area contributed by atoms with Gasteiger partial charge in [-0.25, -0.2) is 4.79 Å². The fourth-order valence-corrected chi connectivity index (χ4v) is 4.19. The molecule has 0 saturated heterocycles. The van der Waals surface area contributed by atoms with Crippen molar-refractivity contribution in [1.29, 1.82) is 0 Å². The molecule has 0 fully saturated rings. The molecule has 0 unspecified atom stereocenters. The van der Waals surface area contributed by atoms with E-state index in [0.29, 0.717) is 5.69 Å². The number of aromatic nitrogens is 2. The van der Waals surface area contributed by atoms with E-state index < -0.39 is 6.09 Å². The highest BCUT2D eigenvalue weighted by Gasteiger charge is 2.19. The molecule has 0 aliphatic carbocycles. The van der Waals surface area contributed by atoms with Crippen molar-refractivity contribution in [2.75, 3.05) is 10.2 Å². The predicted octanol–water partition coefficient (Wildman–Crippen LogP) is 5.88. The van der Waals surface area contributed by atoms with Crippen LogP contribution in [0.4, 0.5) is 21.2 Å². The van der Waals surface area contributed by atoms with Crippen LogP contribution in [-0.2, 0) is 4.79 Å². The first kappa shape index (κ1) is 20.4. The van der Waals surface area contributed by atoms with Crippen LogP contribution in [0.5, 0.6) is 0 Å². The lowest BCUT2D eigenvalue weighted by Crippen LogP contribution is -2.22. The molecule has 7 nitrogen and oxygen atoms in total. The van der Waals surface area contributed by atoms with Gasteiger partial charge >= 0.3 is 6.09 Å². The average molecular weight is 433 g/mol. The van der Waals surface area contributed by atoms with Gasteiger partial charge in [-0.2, -0.15) is 5.10 Å². The van der Waals surface area contributed by atoms with Gasteiger partial charge in [0.25, 0.3) is 0 Å². The number of carbonyl (C=O) groups excluding carboxylic acids is 1. The van der Waals surface area contributed by atoms with Gasteiger partial charge in [0.05, 0.1) is 16.9 Å². The van der Waals surface area contributed by atoms with Crippen LogP contribution in [0.1, 0.15) is 23.7 Å². The molecule has 2 amide bonds. The SMILES string of the molecule is CC(=O)N(c1cccs1)c1cc2c(C=Cc3cccc(NC(=O)O)c3)n[nH]c2cc1C. The second-order valence-electron chi connectivity index (χ2n) is 6.99. The van der Waals surface area contributed by atoms with Crippen LogP contribution >= 0.6 is 11.3 Å². The van der Waals surface area contributed by atoms with Gasteiger partial charge in [-0.15, -0.1) is 11.3 Å². The Hall–Kier alpha value is -3.91. The van der Waals surface area contributed by atoms with Crippen molar-refractivity contribution in [3.8, 4) is 0 Å². The summed E-state index contributed by atoms with van der Waals surface area (Å²) in [5.74, 6) is -0.0618. The Morgan fingerprint density at radius 2 is 2.00 bits per heavy atom. The molecule has 31 heavy (non-hydrogen) atoms. The molecule has 0 radical (unpaired) electrons. The van der Waals surface area contributed by atoms with E-state index >= 15 is 0 Å². The second-order valence-corrected chi connectivity index (χ2v) is 7.91. The van der Waals surface area contributed by atoms with Crippen molar-refractivity contribution in [2.45, 2.75) is 13.8 Å². The lowest BCUT2D eigenvalue weighted by atomic mass is 10.1. The molecule has 2 heterocycles. The number of carboxylic acid groups (broad SMARTS) is 1. The molecule has 2 aromatic carbocycles. The minimum atomic E-state index is -1.11. The fraction of sp³-hybridized carbons (Fsp3) is 0.0870. The number of thiophene rings is 1. The standard InChI is InChI=1S/C23H20N4O3S/c1-14-11-20-18(13-21(14)27(15(2)28)22-7-4-10-31-22)19(25-26-20)9-8-16-5-3-6-17(12-16)24-23(29)30/h3-13,24H,1-2H3,(H,25,26)(H,29,30). The first-order valence-electron chi connectivity index (χ1n) is 9.53. The number of fused-ring (bicyclic) bond motifs is 1. The molecule has 0 aliphatic rings. The number of amides is 2. The van der Waals surface area contributed by atoms with E-state index in [1.54, 1.807) is 30.0 Å². The summed E-state index contributed by atoms with van der Waals surface area (Å²) in [6.07, 6.45) is 2.62. The number of carbonyl (C=O) groups is 2. The van der Waals surface area contributed by atoms with Gasteiger partial charge < -0.3 is 5.11 Å². The number of aromatic amines is 1. The fourth-order valence-electron chi connectivity index (χ4n) is 3.41. The molecule has 156 valence electrons. The monoisotopic (exact) mass is 432 g/mol. The molecule has 8 heteroatoms. The molecule has 0 bridgehead atoms. The van der Waals surface area contributed by atoms with Crippen molar-refractivity contribution in [3.63, 3.8) is 0 Å². The van der Waals surface area contributed by atoms with Crippen LogP contribution in [0.25, 0.3) is 23.1 Å². The zero-order chi connectivity index (χ0) is 22.0. The van der Waals surface area contributed by atoms with Gasteiger partial charge in [0.2, 0.25) is 5.91 Å². The van der Waals surface area contributed by atoms with Crippen molar-refractivity contribution < 1.29 is 14.7 Å². The van der Waals surface area contributed by atoms with Crippen molar-refractivity contribution in [3.05, 3.63) is 70.7 Å². The smallest absolute Gasteiger partial charge is 0.409 e. The lowest BCUT2D eigenvalue weighted by Gasteiger charge is -2.21. The zero-order valence-electron chi connectivity index (χ0n) is 16.9. The third-order valence-electron chi connectivity index (χ3n) is 4.76. The maximum atomic E-state index is 12.4. The Kier molecular flexibility index (Phi) is 5.55. The van der Waals surface area contributed by atoms with Gasteiger partial charge in [-0.05, 0) is 65.9 Å². The van der Waals surface area contributed by atoms with E-state index in [1.807, 2.05) is 54.8 Å². The van der Waals surface area contributed by atoms with Crippen molar-refractivity contribution in [1.82, 2.24) is 10.2 Å². The molecule has 4 aromatic rings. The third kappa shape index (κ3) is 4.34. The number of nitrogens with zero attached hydrogens (tertiary/aromatic N) is 2. The van der Waals surface area contributed by atoms with Gasteiger partial charge in [0, 0.05) is 18.0 Å². The predicted molar refractivity (Wildman–Crippen MR) is 125 cm³/mol. The topological polar surface area (TPSA) is 98.3 Å². The number of benzene rings is 2. The minimum Gasteiger partial charge on any atom is -0.465 e. The highest BCUT2D eigenvalue weighted by molar-refractivity contribution is 7.14. The van der Waals surface area contributed by atoms with Crippen LogP contribution in [0.3, 0.4) is 0 Å². The van der Waals surface area contributed by atoms with Crippen LogP contribution in [0, 0.1) is 6.92 Å². The summed E-state index contributed by atoms with van der Waals surface area (Å²) in [5.41, 5.74) is 4.69. The maximum absolute atomic E-state index is 12.4.